The molecule has 3 aromatic rings. The van der Waals surface area contributed by atoms with Crippen molar-refractivity contribution in [3.63, 3.8) is 0 Å². The number of carbonyl (C=O) groups is 1. The average molecular weight is 339 g/mol. The van der Waals surface area contributed by atoms with E-state index in [1.54, 1.807) is 43.6 Å². The Hall–Kier alpha value is -3.35. The Morgan fingerprint density at radius 2 is 1.96 bits per heavy atom. The largest absolute Gasteiger partial charge is 0.497 e. The summed E-state index contributed by atoms with van der Waals surface area (Å²) in [4.78, 5) is 29.3. The predicted octanol–water partition coefficient (Wildman–Crippen LogP) is 2.20. The van der Waals surface area contributed by atoms with Gasteiger partial charge in [0, 0.05) is 24.7 Å². The van der Waals surface area contributed by atoms with Crippen molar-refractivity contribution < 1.29 is 14.3 Å². The molecular weight excluding hydrogens is 322 g/mol. The number of methoxy groups -OCH3 is 2. The highest BCUT2D eigenvalue weighted by molar-refractivity contribution is 6.06. The third-order valence-electron chi connectivity index (χ3n) is 3.87. The molecule has 0 atom stereocenters. The molecule has 3 rings (SSSR count). The Balaban J connectivity index is 2.04. The highest BCUT2D eigenvalue weighted by Crippen LogP contribution is 2.29. The molecule has 0 aliphatic rings. The number of pyridine rings is 2. The van der Waals surface area contributed by atoms with Crippen LogP contribution in [0.25, 0.3) is 11.0 Å². The lowest BCUT2D eigenvalue weighted by Gasteiger charge is -2.12. The number of anilines is 1. The summed E-state index contributed by atoms with van der Waals surface area (Å²) in [6, 6.07) is 10.1. The van der Waals surface area contributed by atoms with Crippen molar-refractivity contribution in [1.82, 2.24) is 9.55 Å². The Labute approximate surface area is 143 Å². The van der Waals surface area contributed by atoms with Gasteiger partial charge in [-0.1, -0.05) is 0 Å². The van der Waals surface area contributed by atoms with E-state index in [1.807, 2.05) is 0 Å². The second-order valence-electron chi connectivity index (χ2n) is 5.36. The van der Waals surface area contributed by atoms with Crippen molar-refractivity contribution in [1.29, 1.82) is 0 Å². The normalized spacial score (nSPS) is 10.5. The molecule has 7 heteroatoms. The fourth-order valence-corrected chi connectivity index (χ4v) is 2.56. The number of nitrogens with zero attached hydrogens (tertiary/aromatic N) is 2. The Bertz CT molecular complexity index is 1010. The van der Waals surface area contributed by atoms with Crippen LogP contribution in [0.1, 0.15) is 10.4 Å². The fraction of sp³-hybridized carbons (Fsp3) is 0.167. The fourth-order valence-electron chi connectivity index (χ4n) is 2.56. The number of benzene rings is 1. The van der Waals surface area contributed by atoms with Crippen LogP contribution in [0.3, 0.4) is 0 Å². The van der Waals surface area contributed by atoms with Crippen molar-refractivity contribution in [2.24, 2.45) is 7.05 Å². The van der Waals surface area contributed by atoms with Crippen LogP contribution in [-0.4, -0.2) is 29.7 Å². The van der Waals surface area contributed by atoms with Gasteiger partial charge in [0.25, 0.3) is 11.5 Å². The molecule has 25 heavy (non-hydrogen) atoms. The van der Waals surface area contributed by atoms with Gasteiger partial charge in [-0.15, -0.1) is 0 Å². The highest BCUT2D eigenvalue weighted by atomic mass is 16.5. The van der Waals surface area contributed by atoms with E-state index in [1.165, 1.54) is 24.9 Å². The van der Waals surface area contributed by atoms with Crippen molar-refractivity contribution in [2.45, 2.75) is 0 Å². The Morgan fingerprint density at radius 1 is 1.16 bits per heavy atom. The molecule has 1 amide bonds. The first-order valence-corrected chi connectivity index (χ1v) is 7.53. The molecule has 1 N–H and O–H groups in total. The molecule has 7 nitrogen and oxygen atoms in total. The van der Waals surface area contributed by atoms with Crippen LogP contribution >= 0.6 is 0 Å². The first kappa shape index (κ1) is 16.5. The van der Waals surface area contributed by atoms with Crippen LogP contribution in [0, 0.1) is 0 Å². The summed E-state index contributed by atoms with van der Waals surface area (Å²) in [5.41, 5.74) is 0.529. The lowest BCUT2D eigenvalue weighted by molar-refractivity contribution is 0.102. The van der Waals surface area contributed by atoms with Gasteiger partial charge in [0.15, 0.2) is 0 Å². The third kappa shape index (κ3) is 3.03. The second kappa shape index (κ2) is 6.64. The molecule has 0 saturated carbocycles. The van der Waals surface area contributed by atoms with Gasteiger partial charge in [-0.05, 0) is 30.3 Å². The molecule has 0 saturated heterocycles. The van der Waals surface area contributed by atoms with E-state index in [0.717, 1.165) is 0 Å². The molecule has 0 bridgehead atoms. The molecule has 2 aromatic heterocycles. The zero-order chi connectivity index (χ0) is 18.0. The monoisotopic (exact) mass is 339 g/mol. The maximum Gasteiger partial charge on any atom is 0.264 e. The quantitative estimate of drug-likeness (QED) is 0.788. The summed E-state index contributed by atoms with van der Waals surface area (Å²) < 4.78 is 11.8. The molecule has 0 radical (unpaired) electrons. The Kier molecular flexibility index (Phi) is 4.38. The minimum absolute atomic E-state index is 0.0212. The smallest absolute Gasteiger partial charge is 0.264 e. The van der Waals surface area contributed by atoms with Gasteiger partial charge in [-0.2, -0.15) is 0 Å². The van der Waals surface area contributed by atoms with Gasteiger partial charge in [0.1, 0.15) is 22.7 Å². The summed E-state index contributed by atoms with van der Waals surface area (Å²) in [5, 5.41) is 3.41. The predicted molar refractivity (Wildman–Crippen MR) is 94.5 cm³/mol. The number of ether oxygens (including phenoxy) is 2. The van der Waals surface area contributed by atoms with Crippen LogP contribution in [0.4, 0.5) is 5.69 Å². The van der Waals surface area contributed by atoms with E-state index in [4.69, 9.17) is 9.47 Å². The second-order valence-corrected chi connectivity index (χ2v) is 5.36. The summed E-state index contributed by atoms with van der Waals surface area (Å²) in [7, 11) is 4.61. The van der Waals surface area contributed by atoms with Crippen molar-refractivity contribution in [2.75, 3.05) is 19.5 Å². The summed E-state index contributed by atoms with van der Waals surface area (Å²) >= 11 is 0. The molecular formula is C18H17N3O4. The number of amides is 1. The van der Waals surface area contributed by atoms with Crippen LogP contribution in [0.15, 0.2) is 47.4 Å². The number of fused-ring (bicyclic) bond motifs is 1. The third-order valence-corrected chi connectivity index (χ3v) is 3.87. The van der Waals surface area contributed by atoms with E-state index in [9.17, 15) is 9.59 Å². The van der Waals surface area contributed by atoms with E-state index < -0.39 is 11.5 Å². The lowest BCUT2D eigenvalue weighted by atomic mass is 10.2. The van der Waals surface area contributed by atoms with Gasteiger partial charge in [-0.25, -0.2) is 4.98 Å². The minimum atomic E-state index is -0.530. The van der Waals surface area contributed by atoms with Crippen LogP contribution in [0.5, 0.6) is 11.5 Å². The van der Waals surface area contributed by atoms with Gasteiger partial charge in [0.05, 0.1) is 19.9 Å². The summed E-state index contributed by atoms with van der Waals surface area (Å²) in [5.74, 6) is 0.498. The van der Waals surface area contributed by atoms with Gasteiger partial charge in [-0.3, -0.25) is 14.2 Å². The van der Waals surface area contributed by atoms with Crippen LogP contribution in [-0.2, 0) is 7.05 Å². The first-order chi connectivity index (χ1) is 12.0. The van der Waals surface area contributed by atoms with E-state index in [2.05, 4.69) is 10.3 Å². The minimum Gasteiger partial charge on any atom is -0.497 e. The number of hydrogen-bond acceptors (Lipinski definition) is 5. The van der Waals surface area contributed by atoms with E-state index in [-0.39, 0.29) is 5.56 Å². The molecule has 0 aliphatic carbocycles. The topological polar surface area (TPSA) is 82.4 Å². The highest BCUT2D eigenvalue weighted by Gasteiger charge is 2.17. The van der Waals surface area contributed by atoms with Crippen molar-refractivity contribution >= 4 is 22.6 Å². The zero-order valence-electron chi connectivity index (χ0n) is 14.1. The number of aromatic nitrogens is 2. The first-order valence-electron chi connectivity index (χ1n) is 7.53. The SMILES string of the molecule is COc1ccc(OC)c(NC(=O)c2cc3cccnc3n(C)c2=O)c1. The van der Waals surface area contributed by atoms with Crippen LogP contribution in [0.2, 0.25) is 0 Å². The maximum absolute atomic E-state index is 12.7. The van der Waals surface area contributed by atoms with Crippen molar-refractivity contribution in [3.05, 3.63) is 58.5 Å². The number of aryl methyl sites for hydroxylation is 1. The molecule has 128 valence electrons. The van der Waals surface area contributed by atoms with Gasteiger partial charge >= 0.3 is 0 Å². The van der Waals surface area contributed by atoms with E-state index >= 15 is 0 Å². The zero-order valence-corrected chi connectivity index (χ0v) is 14.1. The molecule has 0 fully saturated rings. The summed E-state index contributed by atoms with van der Waals surface area (Å²) in [6.45, 7) is 0. The number of hydrogen-bond donors (Lipinski definition) is 1. The van der Waals surface area contributed by atoms with Gasteiger partial charge in [0.2, 0.25) is 0 Å². The maximum atomic E-state index is 12.7. The van der Waals surface area contributed by atoms with Gasteiger partial charge < -0.3 is 14.8 Å². The van der Waals surface area contributed by atoms with E-state index in [0.29, 0.717) is 28.2 Å². The van der Waals surface area contributed by atoms with Crippen LogP contribution < -0.4 is 20.3 Å². The van der Waals surface area contributed by atoms with Crippen molar-refractivity contribution in [3.8, 4) is 11.5 Å². The molecule has 0 unspecified atom stereocenters. The molecule has 1 aromatic carbocycles. The number of nitrogens with one attached hydrogen (secondary N) is 1. The standard InChI is InChI=1S/C18H17N3O4/c1-21-16-11(5-4-8-19-16)9-13(18(21)23)17(22)20-14-10-12(24-2)6-7-15(14)25-3/h4-10H,1-3H3,(H,20,22). The molecule has 0 aliphatic heterocycles. The molecule has 0 spiro atoms. The number of carbonyl (C=O) groups excluding carboxylic acids is 1. The average Bonchev–Trinajstić information content (AvgIpc) is 2.64. The number of rotatable bonds is 4. The lowest BCUT2D eigenvalue weighted by Crippen LogP contribution is -2.28. The Morgan fingerprint density at radius 3 is 2.68 bits per heavy atom. The summed E-state index contributed by atoms with van der Waals surface area (Å²) in [6.07, 6.45) is 1.60. The molecule has 2 heterocycles.